The highest BCUT2D eigenvalue weighted by Gasteiger charge is 2.28. The van der Waals surface area contributed by atoms with Crippen molar-refractivity contribution < 1.29 is 13.2 Å². The highest BCUT2D eigenvalue weighted by molar-refractivity contribution is 7.89. The molecule has 0 spiro atoms. The predicted octanol–water partition coefficient (Wildman–Crippen LogP) is 0.233. The first-order chi connectivity index (χ1) is 9.60. The number of hydrogen-bond donors (Lipinski definition) is 1. The van der Waals surface area contributed by atoms with Crippen LogP contribution in [0, 0.1) is 0 Å². The van der Waals surface area contributed by atoms with Crippen LogP contribution in [0.5, 0.6) is 0 Å². The number of fused-ring (bicyclic) bond motifs is 1. The third-order valence-corrected chi connectivity index (χ3v) is 5.18. The average molecular weight is 294 g/mol. The summed E-state index contributed by atoms with van der Waals surface area (Å²) in [7, 11) is -3.60. The van der Waals surface area contributed by atoms with Gasteiger partial charge in [0, 0.05) is 18.5 Å². The molecule has 8 heteroatoms. The molecule has 20 heavy (non-hydrogen) atoms. The van der Waals surface area contributed by atoms with Crippen molar-refractivity contribution in [3.63, 3.8) is 0 Å². The van der Waals surface area contributed by atoms with Gasteiger partial charge in [0.05, 0.1) is 18.7 Å². The van der Waals surface area contributed by atoms with Crippen molar-refractivity contribution in [2.75, 3.05) is 32.0 Å². The molecule has 0 aliphatic carbocycles. The van der Waals surface area contributed by atoms with Gasteiger partial charge in [0.1, 0.15) is 17.0 Å². The summed E-state index contributed by atoms with van der Waals surface area (Å²) >= 11 is 0. The maximum atomic E-state index is 12.7. The highest BCUT2D eigenvalue weighted by atomic mass is 32.2. The molecule has 1 aliphatic rings. The second-order valence-electron chi connectivity index (χ2n) is 4.43. The first kappa shape index (κ1) is 13.2. The molecule has 0 radical (unpaired) electrons. The van der Waals surface area contributed by atoms with Crippen molar-refractivity contribution in [2.24, 2.45) is 0 Å². The fourth-order valence-electron chi connectivity index (χ4n) is 2.21. The normalized spacial score (nSPS) is 17.4. The summed E-state index contributed by atoms with van der Waals surface area (Å²) in [4.78, 5) is 8.11. The zero-order chi connectivity index (χ0) is 14.2. The monoisotopic (exact) mass is 294 g/mol. The predicted molar refractivity (Wildman–Crippen MR) is 73.5 cm³/mol. The van der Waals surface area contributed by atoms with Crippen LogP contribution in [0.3, 0.4) is 0 Å². The van der Waals surface area contributed by atoms with Crippen LogP contribution in [0.4, 0.5) is 5.82 Å². The molecule has 2 N–H and O–H groups in total. The van der Waals surface area contributed by atoms with Crippen LogP contribution >= 0.6 is 0 Å². The van der Waals surface area contributed by atoms with Crippen LogP contribution in [-0.2, 0) is 14.8 Å². The van der Waals surface area contributed by atoms with E-state index < -0.39 is 10.0 Å². The maximum absolute atomic E-state index is 12.7. The van der Waals surface area contributed by atoms with Crippen LogP contribution in [0.1, 0.15) is 0 Å². The van der Waals surface area contributed by atoms with Gasteiger partial charge >= 0.3 is 0 Å². The number of morpholine rings is 1. The Morgan fingerprint density at radius 1 is 1.20 bits per heavy atom. The first-order valence-electron chi connectivity index (χ1n) is 6.18. The largest absolute Gasteiger partial charge is 0.383 e. The second kappa shape index (κ2) is 4.97. The molecule has 2 aromatic rings. The fraction of sp³-hybridized carbons (Fsp3) is 0.333. The smallest absolute Gasteiger partial charge is 0.245 e. The number of para-hydroxylation sites is 1. The molecule has 1 aromatic heterocycles. The van der Waals surface area contributed by atoms with Crippen LogP contribution in [0.25, 0.3) is 10.9 Å². The standard InChI is InChI=1S/C12H14N4O3S/c13-12-9-2-1-3-10(11(9)14-8-15-12)20(17,18)16-4-6-19-7-5-16/h1-3,8H,4-7H2,(H2,13,14,15). The van der Waals surface area contributed by atoms with Crippen LogP contribution in [0.2, 0.25) is 0 Å². The van der Waals surface area contributed by atoms with E-state index >= 15 is 0 Å². The Kier molecular flexibility index (Phi) is 3.28. The number of nitrogens with two attached hydrogens (primary N) is 1. The summed E-state index contributed by atoms with van der Waals surface area (Å²) in [5, 5.41) is 0.543. The molecule has 7 nitrogen and oxygen atoms in total. The van der Waals surface area contributed by atoms with Crippen molar-refractivity contribution in [3.05, 3.63) is 24.5 Å². The minimum absolute atomic E-state index is 0.158. The first-order valence-corrected chi connectivity index (χ1v) is 7.62. The lowest BCUT2D eigenvalue weighted by Crippen LogP contribution is -2.40. The molecular weight excluding hydrogens is 280 g/mol. The van der Waals surface area contributed by atoms with Gasteiger partial charge in [-0.2, -0.15) is 4.31 Å². The Morgan fingerprint density at radius 3 is 2.70 bits per heavy atom. The molecule has 0 bridgehead atoms. The number of nitrogen functional groups attached to an aromatic ring is 1. The SMILES string of the molecule is Nc1ncnc2c(S(=O)(=O)N3CCOCC3)cccc12. The van der Waals surface area contributed by atoms with Gasteiger partial charge in [-0.1, -0.05) is 6.07 Å². The van der Waals surface area contributed by atoms with Gasteiger partial charge in [-0.25, -0.2) is 18.4 Å². The van der Waals surface area contributed by atoms with E-state index in [9.17, 15) is 8.42 Å². The van der Waals surface area contributed by atoms with Crippen LogP contribution in [-0.4, -0.2) is 49.0 Å². The van der Waals surface area contributed by atoms with E-state index in [1.165, 1.54) is 10.6 Å². The van der Waals surface area contributed by atoms with Gasteiger partial charge in [0.25, 0.3) is 0 Å². The number of sulfonamides is 1. The van der Waals surface area contributed by atoms with Gasteiger partial charge in [0.15, 0.2) is 0 Å². The molecule has 0 atom stereocenters. The van der Waals surface area contributed by atoms with E-state index in [2.05, 4.69) is 9.97 Å². The third kappa shape index (κ3) is 2.11. The summed E-state index contributed by atoms with van der Waals surface area (Å²) in [6.07, 6.45) is 1.27. The molecule has 3 rings (SSSR count). The zero-order valence-electron chi connectivity index (χ0n) is 10.7. The van der Waals surface area contributed by atoms with Crippen molar-refractivity contribution in [1.29, 1.82) is 0 Å². The molecule has 1 fully saturated rings. The summed E-state index contributed by atoms with van der Waals surface area (Å²) in [6, 6.07) is 4.90. The Hall–Kier alpha value is -1.77. The molecule has 106 valence electrons. The third-order valence-electron chi connectivity index (χ3n) is 3.25. The highest BCUT2D eigenvalue weighted by Crippen LogP contribution is 2.26. The Labute approximate surface area is 116 Å². The van der Waals surface area contributed by atoms with Crippen molar-refractivity contribution in [1.82, 2.24) is 14.3 Å². The van der Waals surface area contributed by atoms with E-state index in [0.717, 1.165) is 0 Å². The molecule has 0 amide bonds. The van der Waals surface area contributed by atoms with E-state index in [1.807, 2.05) is 0 Å². The van der Waals surface area contributed by atoms with Crippen molar-refractivity contribution in [3.8, 4) is 0 Å². The topological polar surface area (TPSA) is 98.4 Å². The van der Waals surface area contributed by atoms with Gasteiger partial charge in [-0.3, -0.25) is 0 Å². The lowest BCUT2D eigenvalue weighted by atomic mass is 10.2. The van der Waals surface area contributed by atoms with Crippen LogP contribution < -0.4 is 5.73 Å². The van der Waals surface area contributed by atoms with E-state index in [0.29, 0.717) is 37.2 Å². The number of rotatable bonds is 2. The Morgan fingerprint density at radius 2 is 1.95 bits per heavy atom. The van der Waals surface area contributed by atoms with Gasteiger partial charge in [0.2, 0.25) is 10.0 Å². The summed E-state index contributed by atoms with van der Waals surface area (Å²) < 4.78 is 32.0. The number of ether oxygens (including phenoxy) is 1. The quantitative estimate of drug-likeness (QED) is 0.851. The van der Waals surface area contributed by atoms with Gasteiger partial charge < -0.3 is 10.5 Å². The minimum Gasteiger partial charge on any atom is -0.383 e. The summed E-state index contributed by atoms with van der Waals surface area (Å²) in [5.41, 5.74) is 6.12. The van der Waals surface area contributed by atoms with Gasteiger partial charge in [-0.15, -0.1) is 0 Å². The lowest BCUT2D eigenvalue weighted by Gasteiger charge is -2.26. The maximum Gasteiger partial charge on any atom is 0.245 e. The zero-order valence-corrected chi connectivity index (χ0v) is 11.5. The van der Waals surface area contributed by atoms with E-state index in [4.69, 9.17) is 10.5 Å². The van der Waals surface area contributed by atoms with Crippen molar-refractivity contribution >= 4 is 26.7 Å². The number of nitrogens with zero attached hydrogens (tertiary/aromatic N) is 3. The average Bonchev–Trinajstić information content (AvgIpc) is 2.48. The lowest BCUT2D eigenvalue weighted by molar-refractivity contribution is 0.0730. The number of anilines is 1. The second-order valence-corrected chi connectivity index (χ2v) is 6.33. The molecule has 1 aromatic carbocycles. The molecule has 0 unspecified atom stereocenters. The number of benzene rings is 1. The van der Waals surface area contributed by atoms with Crippen molar-refractivity contribution in [2.45, 2.75) is 4.90 Å². The number of aromatic nitrogens is 2. The number of hydrogen-bond acceptors (Lipinski definition) is 6. The van der Waals surface area contributed by atoms with Gasteiger partial charge in [-0.05, 0) is 12.1 Å². The molecule has 0 saturated carbocycles. The summed E-state index contributed by atoms with van der Waals surface area (Å²) in [5.74, 6) is 0.272. The Bertz CT molecular complexity index is 741. The molecule has 1 aliphatic heterocycles. The van der Waals surface area contributed by atoms with Crippen LogP contribution in [0.15, 0.2) is 29.4 Å². The van der Waals surface area contributed by atoms with E-state index in [-0.39, 0.29) is 10.7 Å². The summed E-state index contributed by atoms with van der Waals surface area (Å²) in [6.45, 7) is 1.50. The molecular formula is C12H14N4O3S. The minimum atomic E-state index is -3.60. The van der Waals surface area contributed by atoms with E-state index in [1.54, 1.807) is 18.2 Å². The fourth-order valence-corrected chi connectivity index (χ4v) is 3.78. The molecule has 2 heterocycles. The molecule has 1 saturated heterocycles. The Balaban J connectivity index is 2.16.